The molecule has 2 aromatic heterocycles. The molecule has 0 saturated heterocycles. The maximum absolute atomic E-state index is 6.45. The van der Waals surface area contributed by atoms with Crippen LogP contribution in [0.4, 0.5) is 0 Å². The molecule has 238 valence electrons. The fraction of sp³-hybridized carbons (Fsp3) is 0. The Morgan fingerprint density at radius 3 is 1.75 bits per heavy atom. The summed E-state index contributed by atoms with van der Waals surface area (Å²) in [5.41, 5.74) is 9.06. The van der Waals surface area contributed by atoms with Gasteiger partial charge >= 0.3 is 0 Å². The average Bonchev–Trinajstić information content (AvgIpc) is 3.59. The quantitative estimate of drug-likeness (QED) is 0.186. The number of nitrogens with zero attached hydrogens (tertiary/aromatic N) is 3. The molecule has 0 saturated carbocycles. The van der Waals surface area contributed by atoms with Crippen molar-refractivity contribution < 1.29 is 4.42 Å². The fourth-order valence-electron chi connectivity index (χ4n) is 7.19. The molecule has 4 heteroatoms. The number of hydrogen-bond acceptors (Lipinski definition) is 4. The first-order valence-electron chi connectivity index (χ1n) is 17.1. The highest BCUT2D eigenvalue weighted by atomic mass is 16.3. The van der Waals surface area contributed by atoms with Crippen LogP contribution in [0, 0.1) is 0 Å². The predicted octanol–water partition coefficient (Wildman–Crippen LogP) is 12.4. The van der Waals surface area contributed by atoms with Gasteiger partial charge in [-0.3, -0.25) is 0 Å². The number of benzene rings is 8. The highest BCUT2D eigenvalue weighted by Gasteiger charge is 2.18. The van der Waals surface area contributed by atoms with Gasteiger partial charge in [-0.05, 0) is 74.1 Å². The lowest BCUT2D eigenvalue weighted by Crippen LogP contribution is -2.00. The van der Waals surface area contributed by atoms with Gasteiger partial charge in [-0.2, -0.15) is 0 Å². The SMILES string of the molecule is c1ccc(-c2ccc3c(c2)oc2cccc(-c4nc(-c5ccccc5)nc(-c5ccc6cc(-c7cccc8ccccc78)ccc6c5)n4)c23)cc1. The third-order valence-electron chi connectivity index (χ3n) is 9.71. The first-order chi connectivity index (χ1) is 25.2. The Morgan fingerprint density at radius 2 is 0.922 bits per heavy atom. The summed E-state index contributed by atoms with van der Waals surface area (Å²) >= 11 is 0. The molecule has 0 bridgehead atoms. The molecule has 2 heterocycles. The molecule has 0 radical (unpaired) electrons. The van der Waals surface area contributed by atoms with Crippen LogP contribution in [0.15, 0.2) is 180 Å². The number of aromatic nitrogens is 3. The second kappa shape index (κ2) is 11.9. The van der Waals surface area contributed by atoms with Crippen molar-refractivity contribution in [2.45, 2.75) is 0 Å². The molecule has 0 spiro atoms. The lowest BCUT2D eigenvalue weighted by Gasteiger charge is -2.11. The normalized spacial score (nSPS) is 11.5. The monoisotopic (exact) mass is 651 g/mol. The van der Waals surface area contributed by atoms with Crippen molar-refractivity contribution in [2.24, 2.45) is 0 Å². The lowest BCUT2D eigenvalue weighted by atomic mass is 9.96. The van der Waals surface area contributed by atoms with Crippen molar-refractivity contribution in [3.8, 4) is 56.4 Å². The summed E-state index contributed by atoms with van der Waals surface area (Å²) < 4.78 is 6.45. The first kappa shape index (κ1) is 29.0. The maximum Gasteiger partial charge on any atom is 0.164 e. The topological polar surface area (TPSA) is 51.8 Å². The first-order valence-corrected chi connectivity index (χ1v) is 17.1. The molecular weight excluding hydrogens is 623 g/mol. The van der Waals surface area contributed by atoms with Crippen LogP contribution < -0.4 is 0 Å². The lowest BCUT2D eigenvalue weighted by molar-refractivity contribution is 0.669. The van der Waals surface area contributed by atoms with E-state index >= 15 is 0 Å². The zero-order valence-corrected chi connectivity index (χ0v) is 27.5. The van der Waals surface area contributed by atoms with E-state index in [2.05, 4.69) is 127 Å². The Bertz CT molecular complexity index is 2910. The molecule has 0 fully saturated rings. The molecular formula is C47H29N3O. The second-order valence-corrected chi connectivity index (χ2v) is 12.8. The molecule has 10 aromatic rings. The molecule has 0 aliphatic heterocycles. The Kier molecular flexibility index (Phi) is 6.78. The molecule has 8 aromatic carbocycles. The van der Waals surface area contributed by atoms with Gasteiger partial charge < -0.3 is 4.42 Å². The summed E-state index contributed by atoms with van der Waals surface area (Å²) in [6.45, 7) is 0. The van der Waals surface area contributed by atoms with Gasteiger partial charge in [0, 0.05) is 27.5 Å². The van der Waals surface area contributed by atoms with Crippen LogP contribution in [0.2, 0.25) is 0 Å². The molecule has 0 aliphatic carbocycles. The van der Waals surface area contributed by atoms with E-state index in [1.165, 1.54) is 21.9 Å². The summed E-state index contributed by atoms with van der Waals surface area (Å²) in [6.07, 6.45) is 0. The summed E-state index contributed by atoms with van der Waals surface area (Å²) in [4.78, 5) is 15.2. The predicted molar refractivity (Wildman–Crippen MR) is 209 cm³/mol. The Labute approximate surface area is 294 Å². The zero-order valence-electron chi connectivity index (χ0n) is 27.5. The van der Waals surface area contributed by atoms with Crippen molar-refractivity contribution in [3.63, 3.8) is 0 Å². The van der Waals surface area contributed by atoms with Crippen molar-refractivity contribution in [1.82, 2.24) is 15.0 Å². The van der Waals surface area contributed by atoms with E-state index < -0.39 is 0 Å². The van der Waals surface area contributed by atoms with E-state index in [0.29, 0.717) is 17.5 Å². The largest absolute Gasteiger partial charge is 0.456 e. The van der Waals surface area contributed by atoms with Crippen LogP contribution in [0.1, 0.15) is 0 Å². The van der Waals surface area contributed by atoms with Crippen molar-refractivity contribution in [3.05, 3.63) is 176 Å². The maximum atomic E-state index is 6.45. The highest BCUT2D eigenvalue weighted by molar-refractivity contribution is 6.12. The smallest absolute Gasteiger partial charge is 0.164 e. The summed E-state index contributed by atoms with van der Waals surface area (Å²) in [7, 11) is 0. The Balaban J connectivity index is 1.11. The van der Waals surface area contributed by atoms with Crippen LogP contribution in [0.25, 0.3) is 99.9 Å². The van der Waals surface area contributed by atoms with Crippen molar-refractivity contribution >= 4 is 43.5 Å². The Hall–Kier alpha value is -6.91. The van der Waals surface area contributed by atoms with E-state index in [4.69, 9.17) is 19.4 Å². The average molecular weight is 652 g/mol. The van der Waals surface area contributed by atoms with Gasteiger partial charge in [-0.15, -0.1) is 0 Å². The van der Waals surface area contributed by atoms with Gasteiger partial charge in [-0.25, -0.2) is 15.0 Å². The van der Waals surface area contributed by atoms with E-state index in [-0.39, 0.29) is 0 Å². The van der Waals surface area contributed by atoms with Gasteiger partial charge in [0.15, 0.2) is 17.5 Å². The number of fused-ring (bicyclic) bond motifs is 5. The van der Waals surface area contributed by atoms with E-state index in [1.54, 1.807) is 0 Å². The molecule has 0 unspecified atom stereocenters. The molecule has 0 amide bonds. The van der Waals surface area contributed by atoms with E-state index in [0.717, 1.165) is 60.5 Å². The summed E-state index contributed by atoms with van der Waals surface area (Å²) in [5.74, 6) is 1.85. The van der Waals surface area contributed by atoms with Gasteiger partial charge in [0.1, 0.15) is 11.2 Å². The van der Waals surface area contributed by atoms with Crippen LogP contribution >= 0.6 is 0 Å². The molecule has 0 aliphatic rings. The van der Waals surface area contributed by atoms with Crippen LogP contribution in [0.5, 0.6) is 0 Å². The van der Waals surface area contributed by atoms with Gasteiger partial charge in [-0.1, -0.05) is 146 Å². The highest BCUT2D eigenvalue weighted by Crippen LogP contribution is 2.39. The second-order valence-electron chi connectivity index (χ2n) is 12.8. The number of furan rings is 1. The Morgan fingerprint density at radius 1 is 0.314 bits per heavy atom. The molecule has 4 nitrogen and oxygen atoms in total. The van der Waals surface area contributed by atoms with Crippen LogP contribution in [-0.2, 0) is 0 Å². The minimum atomic E-state index is 0.602. The number of rotatable bonds is 5. The van der Waals surface area contributed by atoms with E-state index in [1.807, 2.05) is 48.5 Å². The third kappa shape index (κ3) is 5.13. The summed E-state index contributed by atoms with van der Waals surface area (Å²) in [5, 5.41) is 6.78. The standard InChI is InChI=1S/C47H29N3O/c1-3-11-30(12-4-1)35-25-26-40-43(29-35)51-42-20-10-19-41(44(40)42)47-49-45(32-14-5-2-6-15-32)48-46(50-47)37-24-22-33-27-36(23-21-34(33)28-37)39-18-9-16-31-13-7-8-17-38(31)39/h1-29H. The van der Waals surface area contributed by atoms with Crippen LogP contribution in [0.3, 0.4) is 0 Å². The molecule has 0 N–H and O–H groups in total. The number of hydrogen-bond donors (Lipinski definition) is 0. The van der Waals surface area contributed by atoms with Crippen molar-refractivity contribution in [1.29, 1.82) is 0 Å². The molecule has 10 rings (SSSR count). The minimum absolute atomic E-state index is 0.602. The molecule has 51 heavy (non-hydrogen) atoms. The van der Waals surface area contributed by atoms with Gasteiger partial charge in [0.2, 0.25) is 0 Å². The fourth-order valence-corrected chi connectivity index (χ4v) is 7.19. The van der Waals surface area contributed by atoms with E-state index in [9.17, 15) is 0 Å². The zero-order chi connectivity index (χ0) is 33.7. The van der Waals surface area contributed by atoms with Crippen molar-refractivity contribution in [2.75, 3.05) is 0 Å². The van der Waals surface area contributed by atoms with Gasteiger partial charge in [0.25, 0.3) is 0 Å². The third-order valence-corrected chi connectivity index (χ3v) is 9.71. The van der Waals surface area contributed by atoms with Gasteiger partial charge in [0.05, 0.1) is 0 Å². The minimum Gasteiger partial charge on any atom is -0.456 e. The van der Waals surface area contributed by atoms with Crippen LogP contribution in [-0.4, -0.2) is 15.0 Å². The summed E-state index contributed by atoms with van der Waals surface area (Å²) in [6, 6.07) is 61.1. The molecule has 0 atom stereocenters.